The fourth-order valence-corrected chi connectivity index (χ4v) is 4.54. The summed E-state index contributed by atoms with van der Waals surface area (Å²) >= 11 is 7.74. The van der Waals surface area contributed by atoms with Crippen LogP contribution in [-0.2, 0) is 11.3 Å². The Morgan fingerprint density at radius 1 is 1.23 bits per heavy atom. The maximum atomic E-state index is 12.5. The smallest absolute Gasteiger partial charge is 0.230 e. The predicted molar refractivity (Wildman–Crippen MR) is 114 cm³/mol. The average molecular weight is 447 g/mol. The summed E-state index contributed by atoms with van der Waals surface area (Å²) in [6.07, 6.45) is 3.95. The molecule has 30 heavy (non-hydrogen) atoms. The summed E-state index contributed by atoms with van der Waals surface area (Å²) in [6.45, 7) is 2.97. The van der Waals surface area contributed by atoms with Crippen molar-refractivity contribution in [2.45, 2.75) is 30.6 Å². The van der Waals surface area contributed by atoms with E-state index in [1.165, 1.54) is 24.6 Å². The first-order valence-electron chi connectivity index (χ1n) is 9.87. The molecular formula is C20H23ClN6O2S. The summed E-state index contributed by atoms with van der Waals surface area (Å²) in [5.74, 6) is 0.916. The molecule has 1 aromatic carbocycles. The number of carbonyl (C=O) groups excluding carboxylic acids is 1. The van der Waals surface area contributed by atoms with E-state index in [0.717, 1.165) is 29.4 Å². The number of benzene rings is 1. The average Bonchev–Trinajstić information content (AvgIpc) is 3.52. The van der Waals surface area contributed by atoms with Crippen molar-refractivity contribution < 1.29 is 9.21 Å². The van der Waals surface area contributed by atoms with Gasteiger partial charge in [0.15, 0.2) is 0 Å². The first-order valence-corrected chi connectivity index (χ1v) is 11.2. The molecule has 1 saturated heterocycles. The van der Waals surface area contributed by atoms with E-state index >= 15 is 0 Å². The number of halogens is 1. The van der Waals surface area contributed by atoms with Gasteiger partial charge in [-0.1, -0.05) is 41.6 Å². The van der Waals surface area contributed by atoms with Gasteiger partial charge in [0.1, 0.15) is 12.3 Å². The molecule has 1 aliphatic heterocycles. The highest BCUT2D eigenvalue weighted by atomic mass is 35.5. The Morgan fingerprint density at radius 2 is 2.07 bits per heavy atom. The van der Waals surface area contributed by atoms with E-state index in [9.17, 15) is 4.79 Å². The van der Waals surface area contributed by atoms with Crippen LogP contribution in [-0.4, -0.2) is 56.4 Å². The van der Waals surface area contributed by atoms with Crippen molar-refractivity contribution in [3.05, 3.63) is 59.0 Å². The summed E-state index contributed by atoms with van der Waals surface area (Å²) in [5.41, 5.74) is 1.05. The topological polar surface area (TPSA) is 89.1 Å². The number of carbonyl (C=O) groups is 1. The molecule has 3 heterocycles. The highest BCUT2D eigenvalue weighted by molar-refractivity contribution is 7.99. The Bertz CT molecular complexity index is 958. The zero-order valence-corrected chi connectivity index (χ0v) is 18.0. The zero-order valence-electron chi connectivity index (χ0n) is 16.4. The van der Waals surface area contributed by atoms with Gasteiger partial charge in [0.2, 0.25) is 11.1 Å². The molecule has 158 valence electrons. The maximum Gasteiger partial charge on any atom is 0.230 e. The lowest BCUT2D eigenvalue weighted by Gasteiger charge is -2.29. The second-order valence-electron chi connectivity index (χ2n) is 7.07. The van der Waals surface area contributed by atoms with Crippen LogP contribution >= 0.6 is 23.4 Å². The van der Waals surface area contributed by atoms with Crippen molar-refractivity contribution in [2.75, 3.05) is 25.4 Å². The van der Waals surface area contributed by atoms with E-state index in [1.807, 2.05) is 36.4 Å². The highest BCUT2D eigenvalue weighted by Crippen LogP contribution is 2.29. The fourth-order valence-electron chi connectivity index (χ4n) is 3.58. The molecule has 10 heteroatoms. The van der Waals surface area contributed by atoms with Gasteiger partial charge in [-0.15, -0.1) is 5.10 Å². The molecule has 8 nitrogen and oxygen atoms in total. The van der Waals surface area contributed by atoms with E-state index in [4.69, 9.17) is 16.0 Å². The van der Waals surface area contributed by atoms with Gasteiger partial charge in [-0.3, -0.25) is 9.69 Å². The zero-order chi connectivity index (χ0) is 20.8. The van der Waals surface area contributed by atoms with Crippen molar-refractivity contribution in [2.24, 2.45) is 0 Å². The summed E-state index contributed by atoms with van der Waals surface area (Å²) in [5, 5.41) is 16.0. The molecule has 3 aromatic rings. The molecule has 0 radical (unpaired) electrons. The van der Waals surface area contributed by atoms with E-state index in [0.29, 0.717) is 18.2 Å². The number of rotatable bonds is 9. The number of nitrogens with one attached hydrogen (secondary N) is 1. The summed E-state index contributed by atoms with van der Waals surface area (Å²) in [7, 11) is 0. The first kappa shape index (κ1) is 20.9. The van der Waals surface area contributed by atoms with Crippen LogP contribution in [0.15, 0.2) is 52.2 Å². The van der Waals surface area contributed by atoms with Gasteiger partial charge in [-0.2, -0.15) is 0 Å². The summed E-state index contributed by atoms with van der Waals surface area (Å²) < 4.78 is 6.95. The lowest BCUT2D eigenvalue weighted by molar-refractivity contribution is -0.118. The van der Waals surface area contributed by atoms with Crippen molar-refractivity contribution >= 4 is 29.3 Å². The minimum Gasteiger partial charge on any atom is -0.467 e. The molecule has 1 amide bonds. The molecule has 1 fully saturated rings. The van der Waals surface area contributed by atoms with Crippen LogP contribution in [0.25, 0.3) is 0 Å². The molecular weight excluding hydrogens is 424 g/mol. The van der Waals surface area contributed by atoms with Crippen LogP contribution in [0.2, 0.25) is 5.02 Å². The van der Waals surface area contributed by atoms with Gasteiger partial charge in [-0.05, 0) is 60.1 Å². The number of furan rings is 1. The molecule has 1 atom stereocenters. The van der Waals surface area contributed by atoms with Gasteiger partial charge in [0.05, 0.1) is 18.1 Å². The fraction of sp³-hybridized carbons (Fsp3) is 0.400. The van der Waals surface area contributed by atoms with E-state index in [-0.39, 0.29) is 17.7 Å². The first-order chi connectivity index (χ1) is 14.7. The van der Waals surface area contributed by atoms with Crippen molar-refractivity contribution in [1.82, 2.24) is 30.4 Å². The normalized spacial score (nSPS) is 15.4. The van der Waals surface area contributed by atoms with Crippen LogP contribution in [0, 0.1) is 0 Å². The molecule has 2 aromatic heterocycles. The second-order valence-corrected chi connectivity index (χ2v) is 8.42. The third kappa shape index (κ3) is 5.21. The van der Waals surface area contributed by atoms with E-state index in [1.54, 1.807) is 10.9 Å². The Morgan fingerprint density at radius 3 is 2.83 bits per heavy atom. The van der Waals surface area contributed by atoms with Crippen LogP contribution in [0.1, 0.15) is 30.2 Å². The van der Waals surface area contributed by atoms with Crippen molar-refractivity contribution in [3.8, 4) is 0 Å². The summed E-state index contributed by atoms with van der Waals surface area (Å²) in [6, 6.07) is 11.6. The van der Waals surface area contributed by atoms with E-state index < -0.39 is 0 Å². The molecule has 1 N–H and O–H groups in total. The Kier molecular flexibility index (Phi) is 7.03. The lowest BCUT2D eigenvalue weighted by Crippen LogP contribution is -2.37. The summed E-state index contributed by atoms with van der Waals surface area (Å²) in [4.78, 5) is 14.9. The molecule has 4 rings (SSSR count). The van der Waals surface area contributed by atoms with Gasteiger partial charge in [0.25, 0.3) is 0 Å². The van der Waals surface area contributed by atoms with Crippen LogP contribution < -0.4 is 5.32 Å². The minimum absolute atomic E-state index is 0.0659. The van der Waals surface area contributed by atoms with Crippen LogP contribution in [0.3, 0.4) is 0 Å². The maximum absolute atomic E-state index is 12.5. The number of hydrogen-bond donors (Lipinski definition) is 1. The SMILES string of the molecule is O=C(CSc1nnnn1Cc1ccco1)NC[C@H](c1ccccc1Cl)N1CCCC1. The highest BCUT2D eigenvalue weighted by Gasteiger charge is 2.25. The lowest BCUT2D eigenvalue weighted by atomic mass is 10.1. The molecule has 0 aliphatic carbocycles. The molecule has 1 aliphatic rings. The van der Waals surface area contributed by atoms with Crippen molar-refractivity contribution in [1.29, 1.82) is 0 Å². The predicted octanol–water partition coefficient (Wildman–Crippen LogP) is 3.01. The number of likely N-dealkylation sites (tertiary alicyclic amines) is 1. The molecule has 0 bridgehead atoms. The van der Waals surface area contributed by atoms with Gasteiger partial charge >= 0.3 is 0 Å². The Labute approximate surface area is 183 Å². The number of tetrazole rings is 1. The number of amides is 1. The van der Waals surface area contributed by atoms with Gasteiger partial charge in [0, 0.05) is 11.6 Å². The Balaban J connectivity index is 1.33. The quantitative estimate of drug-likeness (QED) is 0.505. The largest absolute Gasteiger partial charge is 0.467 e. The van der Waals surface area contributed by atoms with Crippen LogP contribution in [0.5, 0.6) is 0 Å². The van der Waals surface area contributed by atoms with Gasteiger partial charge < -0.3 is 9.73 Å². The Hall–Kier alpha value is -2.36. The number of aromatic nitrogens is 4. The number of thioether (sulfide) groups is 1. The van der Waals surface area contributed by atoms with Gasteiger partial charge in [-0.25, -0.2) is 4.68 Å². The molecule has 0 unspecified atom stereocenters. The minimum atomic E-state index is -0.0659. The number of nitrogens with zero attached hydrogens (tertiary/aromatic N) is 5. The molecule has 0 saturated carbocycles. The standard InChI is InChI=1S/C20H23ClN6O2S/c21-17-8-2-1-7-16(17)18(26-9-3-4-10-26)12-22-19(28)14-30-20-23-24-25-27(20)13-15-6-5-11-29-15/h1-2,5-8,11,18H,3-4,9-10,12-14H2,(H,22,28)/t18-/m1/s1. The van der Waals surface area contributed by atoms with Crippen LogP contribution in [0.4, 0.5) is 0 Å². The second kappa shape index (κ2) is 10.1. The third-order valence-corrected chi connectivity index (χ3v) is 6.36. The monoisotopic (exact) mass is 446 g/mol. The third-order valence-electron chi connectivity index (χ3n) is 5.06. The number of hydrogen-bond acceptors (Lipinski definition) is 7. The van der Waals surface area contributed by atoms with Crippen molar-refractivity contribution in [3.63, 3.8) is 0 Å². The van der Waals surface area contributed by atoms with E-state index in [2.05, 4.69) is 25.7 Å². The molecule has 0 spiro atoms.